The lowest BCUT2D eigenvalue weighted by Crippen LogP contribution is -2.50. The molecule has 1 aromatic carbocycles. The Kier molecular flexibility index (Phi) is 11.6. The van der Waals surface area contributed by atoms with Crippen LogP contribution in [0.5, 0.6) is 5.75 Å². The summed E-state index contributed by atoms with van der Waals surface area (Å²) in [7, 11) is 1.60. The molecule has 1 unspecified atom stereocenters. The largest absolute Gasteiger partial charge is 0.497 e. The first-order valence-corrected chi connectivity index (χ1v) is 13.3. The summed E-state index contributed by atoms with van der Waals surface area (Å²) < 4.78 is 7.08. The van der Waals surface area contributed by atoms with Gasteiger partial charge >= 0.3 is 5.97 Å². The van der Waals surface area contributed by atoms with Gasteiger partial charge in [-0.05, 0) is 48.6 Å². The molecule has 39 heavy (non-hydrogen) atoms. The maximum absolute atomic E-state index is 13.3. The minimum absolute atomic E-state index is 0.0316. The molecular weight excluding hydrogens is 498 g/mol. The highest BCUT2D eigenvalue weighted by Gasteiger charge is 2.27. The number of rotatable bonds is 9. The summed E-state index contributed by atoms with van der Waals surface area (Å²) in [5.41, 5.74) is 1.85. The van der Waals surface area contributed by atoms with E-state index in [1.54, 1.807) is 7.11 Å². The number of hydrogen-bond donors (Lipinski definition) is 3. The van der Waals surface area contributed by atoms with E-state index in [1.807, 2.05) is 71.6 Å². The number of methoxy groups -OCH3 is 1. The van der Waals surface area contributed by atoms with Gasteiger partial charge in [-0.1, -0.05) is 36.4 Å². The summed E-state index contributed by atoms with van der Waals surface area (Å²) in [5, 5.41) is 15.0. The van der Waals surface area contributed by atoms with Gasteiger partial charge in [0.15, 0.2) is 0 Å². The molecule has 208 valence electrons. The molecule has 3 N–H and O–H groups in total. The van der Waals surface area contributed by atoms with Crippen molar-refractivity contribution in [3.63, 3.8) is 0 Å². The van der Waals surface area contributed by atoms with E-state index in [-0.39, 0.29) is 31.6 Å². The number of nitrogens with zero attached hydrogens (tertiary/aromatic N) is 1. The third-order valence-corrected chi connectivity index (χ3v) is 6.65. The lowest BCUT2D eigenvalue weighted by molar-refractivity contribution is -0.141. The van der Waals surface area contributed by atoms with E-state index >= 15 is 0 Å². The highest BCUT2D eigenvalue weighted by Crippen LogP contribution is 2.18. The molecule has 3 rings (SSSR count). The molecule has 1 aliphatic heterocycles. The quantitative estimate of drug-likeness (QED) is 0.453. The Labute approximate surface area is 228 Å². The Morgan fingerprint density at radius 1 is 1.10 bits per heavy atom. The average Bonchev–Trinajstić information content (AvgIpc) is 3.02. The van der Waals surface area contributed by atoms with Gasteiger partial charge in [0, 0.05) is 50.7 Å². The number of Topliss-reactive ketones (excluding diaryl/α,β-unsaturated/α-hetero) is 1. The number of nitrogens with one attached hydrogen (secondary N) is 2. The van der Waals surface area contributed by atoms with Crippen LogP contribution in [-0.2, 0) is 38.6 Å². The van der Waals surface area contributed by atoms with Crippen LogP contribution in [0.4, 0.5) is 0 Å². The van der Waals surface area contributed by atoms with Crippen molar-refractivity contribution in [3.8, 4) is 5.75 Å². The van der Waals surface area contributed by atoms with Gasteiger partial charge in [0.25, 0.3) is 0 Å². The van der Waals surface area contributed by atoms with Crippen LogP contribution in [0, 0.1) is 5.92 Å². The number of amides is 2. The van der Waals surface area contributed by atoms with Crippen LogP contribution in [0.1, 0.15) is 43.2 Å². The van der Waals surface area contributed by atoms with E-state index in [1.165, 1.54) is 0 Å². The van der Waals surface area contributed by atoms with Crippen molar-refractivity contribution in [2.75, 3.05) is 13.7 Å². The number of ether oxygens (including phenoxy) is 1. The van der Waals surface area contributed by atoms with Crippen molar-refractivity contribution in [2.45, 2.75) is 57.5 Å². The number of carboxylic acids is 1. The third kappa shape index (κ3) is 10.3. The minimum atomic E-state index is -1.07. The fraction of sp³-hybridized carbons (Fsp3) is 0.400. The van der Waals surface area contributed by atoms with Crippen LogP contribution < -0.4 is 15.4 Å². The predicted octanol–water partition coefficient (Wildman–Crippen LogP) is 3.24. The standard InChI is InChI=1S/C30H37N3O6/c1-39-26-12-10-22(11-13-26)8-6-9-24(20-28(35)36)29(37)32-27-19-23-7-4-2-3-5-17-33(21-23)18-15-25(34)14-16-31-30(27)38/h2-5,7,10-13,17,21,24,27H,6,8-9,14-16,18-20H2,1H3,(H,31,38)(H,32,37)(H,35,36)/t24-,27?/m1/s1. The number of hydrogen-bond acceptors (Lipinski definition) is 5. The van der Waals surface area contributed by atoms with Crippen LogP contribution in [0.15, 0.2) is 67.0 Å². The number of benzene rings is 1. The molecule has 0 spiro atoms. The Morgan fingerprint density at radius 2 is 1.87 bits per heavy atom. The maximum atomic E-state index is 13.3. The number of aliphatic carboxylic acids is 1. The molecule has 0 aliphatic carbocycles. The first-order valence-electron chi connectivity index (χ1n) is 13.3. The summed E-state index contributed by atoms with van der Waals surface area (Å²) in [6.45, 7) is 0.678. The van der Waals surface area contributed by atoms with Crippen molar-refractivity contribution in [3.05, 3.63) is 78.1 Å². The zero-order chi connectivity index (χ0) is 28.0. The summed E-state index contributed by atoms with van der Waals surface area (Å²) in [5.74, 6) is -1.96. The SMILES string of the molecule is COc1ccc(CCC[C@H](CC(=O)O)C(=O)NC2Cc3ccccccn(c3)CCC(=O)CCNC2=O)cc1. The Bertz CT molecular complexity index is 1190. The van der Waals surface area contributed by atoms with Gasteiger partial charge in [-0.2, -0.15) is 0 Å². The second kappa shape index (κ2) is 15.3. The first-order chi connectivity index (χ1) is 18.8. The van der Waals surface area contributed by atoms with Gasteiger partial charge in [-0.3, -0.25) is 19.2 Å². The molecule has 2 atom stereocenters. The summed E-state index contributed by atoms with van der Waals surface area (Å²) >= 11 is 0. The van der Waals surface area contributed by atoms with Crippen LogP contribution in [0.2, 0.25) is 0 Å². The summed E-state index contributed by atoms with van der Waals surface area (Å²) in [4.78, 5) is 50.3. The molecule has 2 bridgehead atoms. The lowest BCUT2D eigenvalue weighted by atomic mass is 9.95. The van der Waals surface area contributed by atoms with E-state index in [0.29, 0.717) is 32.2 Å². The van der Waals surface area contributed by atoms with E-state index in [2.05, 4.69) is 10.6 Å². The molecule has 9 nitrogen and oxygen atoms in total. The third-order valence-electron chi connectivity index (χ3n) is 6.65. The van der Waals surface area contributed by atoms with Gasteiger partial charge in [0.1, 0.15) is 17.6 Å². The van der Waals surface area contributed by atoms with E-state index in [0.717, 1.165) is 16.9 Å². The van der Waals surface area contributed by atoms with Crippen molar-refractivity contribution in [1.29, 1.82) is 0 Å². The second-order valence-corrected chi connectivity index (χ2v) is 9.66. The van der Waals surface area contributed by atoms with E-state index in [4.69, 9.17) is 4.74 Å². The molecular formula is C30H37N3O6. The smallest absolute Gasteiger partial charge is 0.304 e. The highest BCUT2D eigenvalue weighted by atomic mass is 16.5. The number of aryl methyl sites for hydroxylation is 2. The van der Waals surface area contributed by atoms with Crippen molar-refractivity contribution >= 4 is 23.6 Å². The van der Waals surface area contributed by atoms with Gasteiger partial charge in [-0.25, -0.2) is 0 Å². The molecule has 0 radical (unpaired) electrons. The van der Waals surface area contributed by atoms with Crippen LogP contribution in [0.3, 0.4) is 0 Å². The fourth-order valence-corrected chi connectivity index (χ4v) is 4.47. The monoisotopic (exact) mass is 535 g/mol. The van der Waals surface area contributed by atoms with Gasteiger partial charge in [0.2, 0.25) is 11.8 Å². The molecule has 1 aliphatic rings. The number of carbonyl (C=O) groups excluding carboxylic acids is 3. The topological polar surface area (TPSA) is 127 Å². The zero-order valence-corrected chi connectivity index (χ0v) is 22.3. The van der Waals surface area contributed by atoms with Crippen molar-refractivity contribution < 1.29 is 29.0 Å². The number of aromatic nitrogens is 1. The number of carbonyl (C=O) groups is 4. The second-order valence-electron chi connectivity index (χ2n) is 9.66. The zero-order valence-electron chi connectivity index (χ0n) is 22.3. The molecule has 2 heterocycles. The molecule has 9 heteroatoms. The Balaban J connectivity index is 1.77. The predicted molar refractivity (Wildman–Crippen MR) is 147 cm³/mol. The van der Waals surface area contributed by atoms with E-state index < -0.39 is 29.7 Å². The van der Waals surface area contributed by atoms with Crippen LogP contribution in [0.25, 0.3) is 0 Å². The minimum Gasteiger partial charge on any atom is -0.497 e. The summed E-state index contributed by atoms with van der Waals surface area (Å²) in [6.07, 6.45) is 5.82. The highest BCUT2D eigenvalue weighted by molar-refractivity contribution is 5.90. The molecule has 2 aromatic rings. The first kappa shape index (κ1) is 29.4. The molecule has 1 aromatic heterocycles. The summed E-state index contributed by atoms with van der Waals surface area (Å²) in [6, 6.07) is 16.0. The van der Waals surface area contributed by atoms with Crippen molar-refractivity contribution in [2.24, 2.45) is 5.92 Å². The number of carboxylic acid groups (broad SMARTS) is 1. The van der Waals surface area contributed by atoms with Crippen molar-refractivity contribution in [1.82, 2.24) is 15.2 Å². The Morgan fingerprint density at radius 3 is 2.62 bits per heavy atom. The van der Waals surface area contributed by atoms with Gasteiger partial charge < -0.3 is 25.0 Å². The van der Waals surface area contributed by atoms with Crippen LogP contribution in [-0.4, -0.2) is 52.9 Å². The maximum Gasteiger partial charge on any atom is 0.304 e. The van der Waals surface area contributed by atoms with Gasteiger partial charge in [0.05, 0.1) is 13.5 Å². The molecule has 0 saturated heterocycles. The fourth-order valence-electron chi connectivity index (χ4n) is 4.47. The Hall–Kier alpha value is -4.14. The van der Waals surface area contributed by atoms with Gasteiger partial charge in [-0.15, -0.1) is 0 Å². The van der Waals surface area contributed by atoms with Crippen LogP contribution >= 0.6 is 0 Å². The molecule has 0 fully saturated rings. The normalized spacial score (nSPS) is 16.5. The average molecular weight is 536 g/mol. The molecule has 0 saturated carbocycles. The number of ketones is 1. The lowest BCUT2D eigenvalue weighted by Gasteiger charge is -2.22. The van der Waals surface area contributed by atoms with E-state index in [9.17, 15) is 24.3 Å². The molecule has 2 amide bonds. The number of fused-ring (bicyclic) bond motifs is 2.